The highest BCUT2D eigenvalue weighted by Crippen LogP contribution is 2.21. The van der Waals surface area contributed by atoms with Gasteiger partial charge in [-0.25, -0.2) is 9.78 Å². The first kappa shape index (κ1) is 18.0. The Hall–Kier alpha value is -1.04. The number of nitrogens with zero attached hydrogens (tertiary/aromatic N) is 1. The standard InChI is InChI=1S/C12H16N2O3.2ClH/c13-8-4-1-2-6-10(8)17-11-7-3-5-9(14-11)12(15)16;;/h3,5,7-8,10H,1-2,4,6,13H2,(H,15,16);2*1H/t8-,10-;;/m1../s1. The van der Waals surface area contributed by atoms with Crippen molar-refractivity contribution in [1.82, 2.24) is 4.98 Å². The number of carboxylic acids is 1. The summed E-state index contributed by atoms with van der Waals surface area (Å²) in [6.45, 7) is 0. The van der Waals surface area contributed by atoms with Crippen molar-refractivity contribution < 1.29 is 14.6 Å². The third-order valence-corrected chi connectivity index (χ3v) is 2.97. The molecule has 1 aliphatic carbocycles. The summed E-state index contributed by atoms with van der Waals surface area (Å²) in [6.07, 6.45) is 4.02. The first-order valence-corrected chi connectivity index (χ1v) is 5.79. The normalized spacial score (nSPS) is 21.7. The summed E-state index contributed by atoms with van der Waals surface area (Å²) in [7, 11) is 0. The van der Waals surface area contributed by atoms with Crippen LogP contribution in [0.25, 0.3) is 0 Å². The molecule has 0 aliphatic heterocycles. The summed E-state index contributed by atoms with van der Waals surface area (Å²) < 4.78 is 5.66. The van der Waals surface area contributed by atoms with Crippen LogP contribution in [0.4, 0.5) is 0 Å². The second kappa shape index (κ2) is 8.19. The molecule has 0 bridgehead atoms. The number of pyridine rings is 1. The topological polar surface area (TPSA) is 85.4 Å². The van der Waals surface area contributed by atoms with Gasteiger partial charge in [0, 0.05) is 12.1 Å². The monoisotopic (exact) mass is 308 g/mol. The number of carboxylic acid groups (broad SMARTS) is 1. The minimum atomic E-state index is -1.05. The third-order valence-electron chi connectivity index (χ3n) is 2.97. The number of rotatable bonds is 3. The van der Waals surface area contributed by atoms with Gasteiger partial charge in [-0.2, -0.15) is 0 Å². The largest absolute Gasteiger partial charge is 0.477 e. The molecule has 3 N–H and O–H groups in total. The lowest BCUT2D eigenvalue weighted by molar-refractivity contribution is 0.0686. The van der Waals surface area contributed by atoms with Crippen LogP contribution in [0.2, 0.25) is 0 Å². The van der Waals surface area contributed by atoms with Crippen molar-refractivity contribution in [2.24, 2.45) is 5.73 Å². The number of halogens is 2. The Morgan fingerprint density at radius 2 is 2.00 bits per heavy atom. The zero-order valence-corrected chi connectivity index (χ0v) is 12.0. The molecule has 1 saturated carbocycles. The summed E-state index contributed by atoms with van der Waals surface area (Å²) in [6, 6.07) is 4.74. The third kappa shape index (κ3) is 4.86. The average molecular weight is 309 g/mol. The molecule has 1 aromatic rings. The van der Waals surface area contributed by atoms with E-state index in [1.165, 1.54) is 6.07 Å². The molecule has 1 heterocycles. The van der Waals surface area contributed by atoms with E-state index in [1.54, 1.807) is 12.1 Å². The van der Waals surface area contributed by atoms with Crippen LogP contribution >= 0.6 is 24.8 Å². The van der Waals surface area contributed by atoms with E-state index < -0.39 is 5.97 Å². The molecule has 1 fully saturated rings. The van der Waals surface area contributed by atoms with Crippen molar-refractivity contribution in [3.63, 3.8) is 0 Å². The molecule has 5 nitrogen and oxygen atoms in total. The van der Waals surface area contributed by atoms with E-state index in [0.29, 0.717) is 5.88 Å². The van der Waals surface area contributed by atoms with E-state index in [4.69, 9.17) is 15.6 Å². The molecule has 0 radical (unpaired) electrons. The highest BCUT2D eigenvalue weighted by molar-refractivity contribution is 5.86. The number of aromatic nitrogens is 1. The predicted molar refractivity (Wildman–Crippen MR) is 76.6 cm³/mol. The molecule has 1 aliphatic rings. The lowest BCUT2D eigenvalue weighted by atomic mass is 9.93. The van der Waals surface area contributed by atoms with Gasteiger partial charge >= 0.3 is 5.97 Å². The first-order valence-electron chi connectivity index (χ1n) is 5.79. The Kier molecular flexibility index (Phi) is 7.75. The van der Waals surface area contributed by atoms with E-state index in [2.05, 4.69) is 4.98 Å². The van der Waals surface area contributed by atoms with Gasteiger partial charge in [-0.3, -0.25) is 0 Å². The van der Waals surface area contributed by atoms with Crippen molar-refractivity contribution in [3.8, 4) is 5.88 Å². The minimum absolute atomic E-state index is 0. The number of hydrogen-bond acceptors (Lipinski definition) is 4. The van der Waals surface area contributed by atoms with Crippen molar-refractivity contribution in [1.29, 1.82) is 0 Å². The number of ether oxygens (including phenoxy) is 1. The predicted octanol–water partition coefficient (Wildman–Crippen LogP) is 2.27. The zero-order chi connectivity index (χ0) is 12.3. The van der Waals surface area contributed by atoms with E-state index in [-0.39, 0.29) is 42.7 Å². The van der Waals surface area contributed by atoms with Crippen LogP contribution in [0.1, 0.15) is 36.2 Å². The van der Waals surface area contributed by atoms with Crippen molar-refractivity contribution >= 4 is 30.8 Å². The maximum atomic E-state index is 10.8. The molecule has 0 spiro atoms. The second-order valence-electron chi connectivity index (χ2n) is 4.27. The lowest BCUT2D eigenvalue weighted by Gasteiger charge is -2.28. The molecule has 0 saturated heterocycles. The van der Waals surface area contributed by atoms with Gasteiger partial charge in [0.05, 0.1) is 0 Å². The Morgan fingerprint density at radius 1 is 1.32 bits per heavy atom. The Morgan fingerprint density at radius 3 is 2.63 bits per heavy atom. The highest BCUT2D eigenvalue weighted by Gasteiger charge is 2.23. The van der Waals surface area contributed by atoms with Crippen molar-refractivity contribution in [2.75, 3.05) is 0 Å². The summed E-state index contributed by atoms with van der Waals surface area (Å²) in [4.78, 5) is 14.7. The Bertz CT molecular complexity index is 418. The first-order chi connectivity index (χ1) is 8.16. The fourth-order valence-electron chi connectivity index (χ4n) is 2.03. The lowest BCUT2D eigenvalue weighted by Crippen LogP contribution is -2.41. The maximum absolute atomic E-state index is 10.8. The van der Waals surface area contributed by atoms with E-state index in [0.717, 1.165) is 25.7 Å². The zero-order valence-electron chi connectivity index (χ0n) is 10.3. The molecule has 2 atom stereocenters. The minimum Gasteiger partial charge on any atom is -0.477 e. The number of nitrogens with two attached hydrogens (primary N) is 1. The fourth-order valence-corrected chi connectivity index (χ4v) is 2.03. The Labute approximate surface area is 124 Å². The molecule has 0 amide bonds. The molecule has 2 rings (SSSR count). The van der Waals surface area contributed by atoms with Gasteiger partial charge in [0.1, 0.15) is 6.10 Å². The molecule has 108 valence electrons. The summed E-state index contributed by atoms with van der Waals surface area (Å²) >= 11 is 0. The molecular formula is C12H18Cl2N2O3. The van der Waals surface area contributed by atoms with Gasteiger partial charge in [0.2, 0.25) is 5.88 Å². The molecule has 1 aromatic heterocycles. The molecular weight excluding hydrogens is 291 g/mol. The Balaban J connectivity index is 0.00000162. The molecule has 0 aromatic carbocycles. The van der Waals surface area contributed by atoms with Crippen LogP contribution in [-0.2, 0) is 0 Å². The van der Waals surface area contributed by atoms with E-state index >= 15 is 0 Å². The highest BCUT2D eigenvalue weighted by atomic mass is 35.5. The van der Waals surface area contributed by atoms with Gasteiger partial charge < -0.3 is 15.6 Å². The SMILES string of the molecule is Cl.Cl.N[C@@H]1CCCC[C@H]1Oc1cccc(C(=O)O)n1. The van der Waals surface area contributed by atoms with Gasteiger partial charge in [-0.05, 0) is 25.3 Å². The number of hydrogen-bond donors (Lipinski definition) is 2. The van der Waals surface area contributed by atoms with E-state index in [1.807, 2.05) is 0 Å². The van der Waals surface area contributed by atoms with Gasteiger partial charge in [0.25, 0.3) is 0 Å². The maximum Gasteiger partial charge on any atom is 0.354 e. The van der Waals surface area contributed by atoms with Crippen LogP contribution < -0.4 is 10.5 Å². The average Bonchev–Trinajstić information content (AvgIpc) is 2.32. The van der Waals surface area contributed by atoms with Gasteiger partial charge in [-0.15, -0.1) is 24.8 Å². The van der Waals surface area contributed by atoms with Crippen molar-refractivity contribution in [2.45, 2.75) is 37.8 Å². The second-order valence-corrected chi connectivity index (χ2v) is 4.27. The van der Waals surface area contributed by atoms with Gasteiger partial charge in [0.15, 0.2) is 5.69 Å². The van der Waals surface area contributed by atoms with Gasteiger partial charge in [-0.1, -0.05) is 12.5 Å². The molecule has 7 heteroatoms. The van der Waals surface area contributed by atoms with Crippen LogP contribution in [-0.4, -0.2) is 28.2 Å². The quantitative estimate of drug-likeness (QED) is 0.894. The summed E-state index contributed by atoms with van der Waals surface area (Å²) in [5, 5.41) is 8.82. The van der Waals surface area contributed by atoms with Crippen LogP contribution in [0.3, 0.4) is 0 Å². The summed E-state index contributed by atoms with van der Waals surface area (Å²) in [5.74, 6) is -0.712. The van der Waals surface area contributed by atoms with E-state index in [9.17, 15) is 4.79 Å². The van der Waals surface area contributed by atoms with Crippen LogP contribution in [0.5, 0.6) is 5.88 Å². The fraction of sp³-hybridized carbons (Fsp3) is 0.500. The number of aromatic carboxylic acids is 1. The molecule has 19 heavy (non-hydrogen) atoms. The van der Waals surface area contributed by atoms with Crippen LogP contribution in [0, 0.1) is 0 Å². The smallest absolute Gasteiger partial charge is 0.354 e. The van der Waals surface area contributed by atoms with Crippen molar-refractivity contribution in [3.05, 3.63) is 23.9 Å². The molecule has 0 unspecified atom stereocenters. The van der Waals surface area contributed by atoms with Crippen LogP contribution in [0.15, 0.2) is 18.2 Å². The summed E-state index contributed by atoms with van der Waals surface area (Å²) in [5.41, 5.74) is 5.95. The number of carbonyl (C=O) groups is 1.